The fourth-order valence-electron chi connectivity index (χ4n) is 4.33. The zero-order chi connectivity index (χ0) is 24.4. The number of methoxy groups -OCH3 is 3. The first-order chi connectivity index (χ1) is 17.1. The molecule has 0 radical (unpaired) electrons. The number of hydrogen-bond donors (Lipinski definition) is 2. The molecular weight excluding hydrogens is 450 g/mol. The number of aliphatic hydroxyl groups is 1. The summed E-state index contributed by atoms with van der Waals surface area (Å²) in [6, 6.07) is 7.44. The van der Waals surface area contributed by atoms with Crippen LogP contribution in [0.3, 0.4) is 0 Å². The first-order valence-electron chi connectivity index (χ1n) is 11.3. The Labute approximate surface area is 202 Å². The van der Waals surface area contributed by atoms with Gasteiger partial charge in [0.1, 0.15) is 17.7 Å². The number of pyridine rings is 1. The summed E-state index contributed by atoms with van der Waals surface area (Å²) in [7, 11) is 4.72. The quantitative estimate of drug-likeness (QED) is 0.392. The van der Waals surface area contributed by atoms with Gasteiger partial charge in [-0.05, 0) is 25.0 Å². The number of benzene rings is 1. The third-order valence-corrected chi connectivity index (χ3v) is 6.06. The monoisotopic (exact) mass is 477 g/mol. The van der Waals surface area contributed by atoms with Gasteiger partial charge in [-0.15, -0.1) is 0 Å². The van der Waals surface area contributed by atoms with Gasteiger partial charge in [-0.2, -0.15) is 4.98 Å². The van der Waals surface area contributed by atoms with Gasteiger partial charge in [-0.1, -0.05) is 0 Å². The number of rotatable bonds is 8. The van der Waals surface area contributed by atoms with Crippen molar-refractivity contribution in [2.75, 3.05) is 44.7 Å². The van der Waals surface area contributed by atoms with Crippen molar-refractivity contribution in [3.05, 3.63) is 43.0 Å². The van der Waals surface area contributed by atoms with E-state index < -0.39 is 0 Å². The molecule has 1 aromatic carbocycles. The summed E-state index contributed by atoms with van der Waals surface area (Å²) < 4.78 is 18.2. The second-order valence-corrected chi connectivity index (χ2v) is 8.09. The lowest BCUT2D eigenvalue weighted by molar-refractivity contribution is 0.265. The van der Waals surface area contributed by atoms with E-state index in [4.69, 9.17) is 24.2 Å². The summed E-state index contributed by atoms with van der Waals surface area (Å²) in [4.78, 5) is 20.5. The lowest BCUT2D eigenvalue weighted by Gasteiger charge is -2.23. The van der Waals surface area contributed by atoms with Crippen molar-refractivity contribution in [2.24, 2.45) is 0 Å². The summed E-state index contributed by atoms with van der Waals surface area (Å²) in [5, 5.41) is 13.1. The van der Waals surface area contributed by atoms with Crippen molar-refractivity contribution in [1.29, 1.82) is 0 Å². The number of nitrogens with zero attached hydrogens (tertiary/aromatic N) is 6. The molecule has 0 aliphatic carbocycles. The third-order valence-electron chi connectivity index (χ3n) is 6.06. The number of aliphatic hydroxyl groups excluding tert-OH is 1. The Morgan fingerprint density at radius 1 is 1.09 bits per heavy atom. The van der Waals surface area contributed by atoms with Gasteiger partial charge in [0.2, 0.25) is 11.7 Å². The molecule has 5 rings (SSSR count). The van der Waals surface area contributed by atoms with Gasteiger partial charge in [0, 0.05) is 24.9 Å². The standard InChI is InChI=1S/C24H27N7O4/c1-33-18-10-16(11-19(34-2)22(18)35-3)30-12-20(26-14-30)28-23-21-17(7-4-8-25-21)27-24(29-23)31-9-5-6-15(31)13-32/h4,7-8,10-12,14-15,32H,5-6,9,13H2,1-3H3,(H,27,28,29)/t15-/m0/s1. The van der Waals surface area contributed by atoms with Crippen LogP contribution in [-0.2, 0) is 0 Å². The lowest BCUT2D eigenvalue weighted by Crippen LogP contribution is -2.33. The average molecular weight is 478 g/mol. The minimum atomic E-state index is 0.0104. The Bertz CT molecular complexity index is 1320. The average Bonchev–Trinajstić information content (AvgIpc) is 3.57. The second-order valence-electron chi connectivity index (χ2n) is 8.09. The first kappa shape index (κ1) is 22.7. The van der Waals surface area contributed by atoms with Crippen LogP contribution >= 0.6 is 0 Å². The van der Waals surface area contributed by atoms with Gasteiger partial charge in [-0.3, -0.25) is 4.98 Å². The van der Waals surface area contributed by atoms with E-state index in [1.807, 2.05) is 39.9 Å². The maximum Gasteiger partial charge on any atom is 0.228 e. The Morgan fingerprint density at radius 3 is 2.60 bits per heavy atom. The molecule has 1 aliphatic rings. The van der Waals surface area contributed by atoms with Crippen LogP contribution in [0.15, 0.2) is 43.0 Å². The molecule has 182 valence electrons. The van der Waals surface area contributed by atoms with Crippen molar-refractivity contribution < 1.29 is 19.3 Å². The van der Waals surface area contributed by atoms with E-state index in [1.54, 1.807) is 33.9 Å². The van der Waals surface area contributed by atoms with Crippen molar-refractivity contribution in [2.45, 2.75) is 18.9 Å². The molecule has 1 atom stereocenters. The maximum atomic E-state index is 9.77. The largest absolute Gasteiger partial charge is 0.493 e. The molecule has 0 bridgehead atoms. The SMILES string of the molecule is COc1cc(-n2cnc(Nc3nc(N4CCC[C@H]4CO)nc4cccnc34)c2)cc(OC)c1OC. The van der Waals surface area contributed by atoms with Crippen LogP contribution in [0.4, 0.5) is 17.6 Å². The number of fused-ring (bicyclic) bond motifs is 1. The summed E-state index contributed by atoms with van der Waals surface area (Å²) in [5.41, 5.74) is 2.14. The highest BCUT2D eigenvalue weighted by atomic mass is 16.5. The fraction of sp³-hybridized carbons (Fsp3) is 0.333. The molecule has 1 saturated heterocycles. The first-order valence-corrected chi connectivity index (χ1v) is 11.3. The van der Waals surface area contributed by atoms with E-state index in [-0.39, 0.29) is 12.6 Å². The van der Waals surface area contributed by atoms with Crippen molar-refractivity contribution in [3.8, 4) is 22.9 Å². The maximum absolute atomic E-state index is 9.77. The predicted octanol–water partition coefficient (Wildman–Crippen LogP) is 2.94. The molecule has 3 aromatic heterocycles. The summed E-state index contributed by atoms with van der Waals surface area (Å²) in [6.45, 7) is 0.864. The van der Waals surface area contributed by atoms with Gasteiger partial charge in [-0.25, -0.2) is 9.97 Å². The number of imidazole rings is 1. The second kappa shape index (κ2) is 9.63. The third kappa shape index (κ3) is 4.26. The summed E-state index contributed by atoms with van der Waals surface area (Å²) in [5.74, 6) is 3.30. The van der Waals surface area contributed by atoms with Crippen molar-refractivity contribution in [3.63, 3.8) is 0 Å². The molecule has 1 aliphatic heterocycles. The number of anilines is 3. The minimum Gasteiger partial charge on any atom is -0.493 e. The van der Waals surface area contributed by atoms with E-state index in [0.717, 1.165) is 25.1 Å². The van der Waals surface area contributed by atoms with E-state index >= 15 is 0 Å². The van der Waals surface area contributed by atoms with Gasteiger partial charge in [0.05, 0.1) is 51.4 Å². The molecule has 0 amide bonds. The Hall–Kier alpha value is -4.12. The molecule has 2 N–H and O–H groups in total. The molecule has 0 spiro atoms. The van der Waals surface area contributed by atoms with Crippen LogP contribution in [0.25, 0.3) is 16.7 Å². The molecule has 1 fully saturated rings. The Balaban J connectivity index is 1.50. The van der Waals surface area contributed by atoms with Crippen molar-refractivity contribution >= 4 is 28.6 Å². The highest BCUT2D eigenvalue weighted by molar-refractivity contribution is 5.87. The van der Waals surface area contributed by atoms with Crippen LogP contribution < -0.4 is 24.4 Å². The van der Waals surface area contributed by atoms with Crippen LogP contribution in [0.1, 0.15) is 12.8 Å². The molecular formula is C24H27N7O4. The highest BCUT2D eigenvalue weighted by Gasteiger charge is 2.27. The van der Waals surface area contributed by atoms with Gasteiger partial charge < -0.3 is 34.1 Å². The van der Waals surface area contributed by atoms with Gasteiger partial charge in [0.25, 0.3) is 0 Å². The van der Waals surface area contributed by atoms with E-state index in [1.165, 1.54) is 0 Å². The molecule has 11 nitrogen and oxygen atoms in total. The summed E-state index contributed by atoms with van der Waals surface area (Å²) >= 11 is 0. The zero-order valence-corrected chi connectivity index (χ0v) is 19.8. The Kier molecular flexibility index (Phi) is 6.23. The van der Waals surface area contributed by atoms with Crippen LogP contribution in [0.2, 0.25) is 0 Å². The van der Waals surface area contributed by atoms with E-state index in [9.17, 15) is 5.11 Å². The van der Waals surface area contributed by atoms with Crippen molar-refractivity contribution in [1.82, 2.24) is 24.5 Å². The number of hydrogen-bond acceptors (Lipinski definition) is 10. The molecule has 0 saturated carbocycles. The number of ether oxygens (including phenoxy) is 3. The molecule has 4 aromatic rings. The van der Waals surface area contributed by atoms with Crippen LogP contribution in [-0.4, -0.2) is 70.1 Å². The normalized spacial score (nSPS) is 15.4. The number of aromatic nitrogens is 5. The fourth-order valence-corrected chi connectivity index (χ4v) is 4.33. The molecule has 35 heavy (non-hydrogen) atoms. The van der Waals surface area contributed by atoms with Crippen LogP contribution in [0, 0.1) is 0 Å². The Morgan fingerprint density at radius 2 is 1.89 bits per heavy atom. The lowest BCUT2D eigenvalue weighted by atomic mass is 10.2. The smallest absolute Gasteiger partial charge is 0.228 e. The zero-order valence-electron chi connectivity index (χ0n) is 19.8. The highest BCUT2D eigenvalue weighted by Crippen LogP contribution is 2.39. The van der Waals surface area contributed by atoms with E-state index in [2.05, 4.69) is 15.3 Å². The minimum absolute atomic E-state index is 0.0104. The molecule has 11 heteroatoms. The van der Waals surface area contributed by atoms with Gasteiger partial charge in [0.15, 0.2) is 17.3 Å². The predicted molar refractivity (Wildman–Crippen MR) is 131 cm³/mol. The molecule has 4 heterocycles. The molecule has 0 unspecified atom stereocenters. The van der Waals surface area contributed by atoms with E-state index in [0.29, 0.717) is 45.9 Å². The van der Waals surface area contributed by atoms with Gasteiger partial charge >= 0.3 is 0 Å². The van der Waals surface area contributed by atoms with Crippen LogP contribution in [0.5, 0.6) is 17.2 Å². The number of nitrogens with one attached hydrogen (secondary N) is 1. The summed E-state index contributed by atoms with van der Waals surface area (Å²) in [6.07, 6.45) is 7.12. The topological polar surface area (TPSA) is 120 Å².